The molecular formula is C31H33FN6O5S. The normalized spacial score (nSPS) is 19.7. The van der Waals surface area contributed by atoms with Gasteiger partial charge in [-0.1, -0.05) is 6.08 Å². The SMILES string of the molecule is C=CCC1(S(=O)(=O)n2cc(C)c3c(C(=O)NCC4C(=O)N=C(C)C=C4OC)cc(-c4cnc(N5CC(F)C5)nc4)cc32)CC1. The Bertz CT molecular complexity index is 1850. The maximum Gasteiger partial charge on any atom is 0.258 e. The number of aryl methyl sites for hydroxylation is 1. The Kier molecular flexibility index (Phi) is 7.39. The number of amides is 2. The first kappa shape index (κ1) is 29.7. The number of allylic oxidation sites excluding steroid dienone is 2. The highest BCUT2D eigenvalue weighted by molar-refractivity contribution is 7.91. The van der Waals surface area contributed by atoms with Crippen LogP contribution in [0.4, 0.5) is 10.3 Å². The third-order valence-corrected chi connectivity index (χ3v) is 11.0. The van der Waals surface area contributed by atoms with Gasteiger partial charge in [0, 0.05) is 47.4 Å². The summed E-state index contributed by atoms with van der Waals surface area (Å²) in [5, 5.41) is 3.31. The number of carbonyl (C=O) groups is 2. The molecule has 3 aromatic rings. The van der Waals surface area contributed by atoms with Crippen molar-refractivity contribution in [2.24, 2.45) is 10.9 Å². The molecule has 1 aliphatic carbocycles. The van der Waals surface area contributed by atoms with Gasteiger partial charge in [0.25, 0.3) is 11.8 Å². The van der Waals surface area contributed by atoms with Crippen LogP contribution in [0.2, 0.25) is 0 Å². The number of hydrogen-bond acceptors (Lipinski definition) is 8. The number of benzene rings is 1. The highest BCUT2D eigenvalue weighted by Crippen LogP contribution is 2.49. The van der Waals surface area contributed by atoms with E-state index < -0.39 is 38.7 Å². The van der Waals surface area contributed by atoms with Crippen molar-refractivity contribution in [1.29, 1.82) is 0 Å². The number of ether oxygens (including phenoxy) is 1. The second kappa shape index (κ2) is 11.0. The topological polar surface area (TPSA) is 136 Å². The molecule has 1 saturated carbocycles. The molecule has 13 heteroatoms. The molecule has 1 atom stereocenters. The summed E-state index contributed by atoms with van der Waals surface area (Å²) in [4.78, 5) is 41.0. The first-order valence-corrected chi connectivity index (χ1v) is 15.8. The van der Waals surface area contributed by atoms with Gasteiger partial charge < -0.3 is 15.0 Å². The van der Waals surface area contributed by atoms with Gasteiger partial charge in [-0.3, -0.25) is 9.59 Å². The Labute approximate surface area is 254 Å². The number of anilines is 1. The number of fused-ring (bicyclic) bond motifs is 1. The standard InChI is InChI=1S/C31H33FN6O5S/c1-5-6-31(7-8-31)44(41,42)38-15-18(2)27-23(28(39)33-14-24-26(43-4)9-19(3)36-29(24)40)10-20(11-25(27)38)21-12-34-30(35-13-21)37-16-22(32)17-37/h5,9-13,15,22,24H,1,6-8,14,16-17H2,2-4H3,(H,33,39). The van der Waals surface area contributed by atoms with Crippen molar-refractivity contribution in [2.75, 3.05) is 31.6 Å². The molecule has 11 nitrogen and oxygen atoms in total. The number of alkyl halides is 1. The lowest BCUT2D eigenvalue weighted by Crippen LogP contribution is -2.49. The van der Waals surface area contributed by atoms with E-state index in [0.29, 0.717) is 64.3 Å². The van der Waals surface area contributed by atoms with Crippen LogP contribution in [-0.4, -0.2) is 77.5 Å². The average molecular weight is 621 g/mol. The predicted molar refractivity (Wildman–Crippen MR) is 165 cm³/mol. The lowest BCUT2D eigenvalue weighted by atomic mass is 9.98. The first-order valence-electron chi connectivity index (χ1n) is 14.3. The molecule has 1 N–H and O–H groups in total. The third kappa shape index (κ3) is 4.98. The number of nitrogens with zero attached hydrogens (tertiary/aromatic N) is 5. The van der Waals surface area contributed by atoms with E-state index in [1.54, 1.807) is 61.6 Å². The Morgan fingerprint density at radius 2 is 1.91 bits per heavy atom. The molecule has 2 fully saturated rings. The number of carbonyl (C=O) groups excluding carboxylic acids is 2. The predicted octanol–water partition coefficient (Wildman–Crippen LogP) is 3.73. The fourth-order valence-corrected chi connectivity index (χ4v) is 7.92. The Morgan fingerprint density at radius 3 is 2.52 bits per heavy atom. The van der Waals surface area contributed by atoms with Crippen LogP contribution in [-0.2, 0) is 19.6 Å². The first-order chi connectivity index (χ1) is 21.0. The fourth-order valence-electron chi connectivity index (χ4n) is 5.86. The Morgan fingerprint density at radius 1 is 1.20 bits per heavy atom. The van der Waals surface area contributed by atoms with Gasteiger partial charge in [0.1, 0.15) is 17.8 Å². The van der Waals surface area contributed by atoms with E-state index in [4.69, 9.17) is 4.74 Å². The zero-order valence-corrected chi connectivity index (χ0v) is 25.5. The molecule has 230 valence electrons. The van der Waals surface area contributed by atoms with Crippen LogP contribution in [0.1, 0.15) is 42.1 Å². The second-order valence-electron chi connectivity index (χ2n) is 11.6. The minimum atomic E-state index is -3.85. The summed E-state index contributed by atoms with van der Waals surface area (Å²) in [7, 11) is -2.40. The van der Waals surface area contributed by atoms with Crippen molar-refractivity contribution >= 4 is 44.4 Å². The van der Waals surface area contributed by atoms with E-state index in [9.17, 15) is 22.4 Å². The van der Waals surface area contributed by atoms with E-state index in [0.717, 1.165) is 0 Å². The maximum atomic E-state index is 14.0. The van der Waals surface area contributed by atoms with Crippen LogP contribution in [0.15, 0.2) is 60.2 Å². The molecule has 0 radical (unpaired) electrons. The Hall–Kier alpha value is -4.39. The summed E-state index contributed by atoms with van der Waals surface area (Å²) >= 11 is 0. The van der Waals surface area contributed by atoms with Crippen LogP contribution in [0.3, 0.4) is 0 Å². The molecule has 3 aliphatic rings. The van der Waals surface area contributed by atoms with Crippen LogP contribution in [0.25, 0.3) is 22.0 Å². The highest BCUT2D eigenvalue weighted by atomic mass is 32.2. The van der Waals surface area contributed by atoms with Crippen molar-refractivity contribution in [2.45, 2.75) is 44.0 Å². The van der Waals surface area contributed by atoms with E-state index >= 15 is 0 Å². The fraction of sp³-hybridized carbons (Fsp3) is 0.387. The number of rotatable bonds is 10. The quantitative estimate of drug-likeness (QED) is 0.339. The van der Waals surface area contributed by atoms with Gasteiger partial charge in [0.05, 0.1) is 30.5 Å². The molecule has 44 heavy (non-hydrogen) atoms. The molecule has 0 bridgehead atoms. The van der Waals surface area contributed by atoms with Crippen molar-refractivity contribution in [3.05, 3.63) is 66.3 Å². The minimum Gasteiger partial charge on any atom is -0.500 e. The molecule has 2 aromatic heterocycles. The molecular weight excluding hydrogens is 587 g/mol. The number of dihydropyridines is 1. The Balaban J connectivity index is 1.42. The molecule has 1 unspecified atom stereocenters. The molecule has 1 saturated heterocycles. The van der Waals surface area contributed by atoms with Crippen LogP contribution in [0.5, 0.6) is 0 Å². The van der Waals surface area contributed by atoms with Gasteiger partial charge in [-0.25, -0.2) is 31.7 Å². The van der Waals surface area contributed by atoms with Crippen molar-refractivity contribution in [3.8, 4) is 11.1 Å². The number of aromatic nitrogens is 3. The number of halogens is 1. The summed E-state index contributed by atoms with van der Waals surface area (Å²) in [5.41, 5.74) is 2.77. The van der Waals surface area contributed by atoms with Crippen molar-refractivity contribution in [1.82, 2.24) is 19.3 Å². The highest BCUT2D eigenvalue weighted by Gasteiger charge is 2.54. The third-order valence-electron chi connectivity index (χ3n) is 8.51. The number of nitrogens with one attached hydrogen (secondary N) is 1. The number of aliphatic imine (C=N–C) groups is 1. The van der Waals surface area contributed by atoms with E-state index in [1.165, 1.54) is 11.1 Å². The lowest BCUT2D eigenvalue weighted by molar-refractivity contribution is -0.121. The minimum absolute atomic E-state index is 0.0659. The van der Waals surface area contributed by atoms with Crippen LogP contribution >= 0.6 is 0 Å². The van der Waals surface area contributed by atoms with Crippen molar-refractivity contribution < 1.29 is 27.1 Å². The number of hydrogen-bond donors (Lipinski definition) is 1. The molecule has 2 aliphatic heterocycles. The van der Waals surface area contributed by atoms with Crippen LogP contribution in [0, 0.1) is 12.8 Å². The van der Waals surface area contributed by atoms with Gasteiger partial charge in [-0.2, -0.15) is 0 Å². The smallest absolute Gasteiger partial charge is 0.258 e. The van der Waals surface area contributed by atoms with Gasteiger partial charge in [0.15, 0.2) is 0 Å². The zero-order chi connectivity index (χ0) is 31.4. The summed E-state index contributed by atoms with van der Waals surface area (Å²) in [6.45, 7) is 7.58. The lowest BCUT2D eigenvalue weighted by Gasteiger charge is -2.34. The van der Waals surface area contributed by atoms with Crippen LogP contribution < -0.4 is 10.2 Å². The summed E-state index contributed by atoms with van der Waals surface area (Å²) < 4.78 is 47.1. The average Bonchev–Trinajstić information content (AvgIpc) is 3.70. The van der Waals surface area contributed by atoms with Gasteiger partial charge in [0.2, 0.25) is 16.0 Å². The van der Waals surface area contributed by atoms with E-state index in [2.05, 4.69) is 26.9 Å². The van der Waals surface area contributed by atoms with Gasteiger partial charge >= 0.3 is 0 Å². The van der Waals surface area contributed by atoms with Gasteiger partial charge in [-0.15, -0.1) is 6.58 Å². The summed E-state index contributed by atoms with van der Waals surface area (Å²) in [6, 6.07) is 3.38. The van der Waals surface area contributed by atoms with E-state index in [-0.39, 0.29) is 25.2 Å². The molecule has 2 amide bonds. The monoisotopic (exact) mass is 620 g/mol. The maximum absolute atomic E-state index is 14.0. The summed E-state index contributed by atoms with van der Waals surface area (Å²) in [5.74, 6) is -0.933. The van der Waals surface area contributed by atoms with E-state index in [1.807, 2.05) is 0 Å². The number of methoxy groups -OCH3 is 1. The second-order valence-corrected chi connectivity index (χ2v) is 13.8. The van der Waals surface area contributed by atoms with Gasteiger partial charge in [-0.05, 0) is 62.4 Å². The molecule has 6 rings (SSSR count). The largest absolute Gasteiger partial charge is 0.500 e. The molecule has 1 aromatic carbocycles. The zero-order valence-electron chi connectivity index (χ0n) is 24.7. The van der Waals surface area contributed by atoms with Crippen molar-refractivity contribution in [3.63, 3.8) is 0 Å². The summed E-state index contributed by atoms with van der Waals surface area (Å²) in [6.07, 6.45) is 8.41. The molecule has 0 spiro atoms. The molecule has 4 heterocycles.